The average molecular weight is 389 g/mol. The molecule has 6 nitrogen and oxygen atoms in total. The SMILES string of the molecule is CCNC(=NCc1ccc(C(=O)N(C)C)cc1)NCC(C)(O)c1cccs1. The van der Waals surface area contributed by atoms with E-state index in [0.29, 0.717) is 24.6 Å². The second-order valence-corrected chi connectivity index (χ2v) is 7.64. The van der Waals surface area contributed by atoms with E-state index in [2.05, 4.69) is 15.6 Å². The van der Waals surface area contributed by atoms with Gasteiger partial charge in [0.05, 0.1) is 13.1 Å². The lowest BCUT2D eigenvalue weighted by Crippen LogP contribution is -2.44. The van der Waals surface area contributed by atoms with Gasteiger partial charge in [0.2, 0.25) is 0 Å². The van der Waals surface area contributed by atoms with Crippen molar-refractivity contribution in [3.05, 3.63) is 57.8 Å². The third-order valence-corrected chi connectivity index (χ3v) is 5.15. The molecule has 0 aliphatic heterocycles. The molecular weight excluding hydrogens is 360 g/mol. The third kappa shape index (κ3) is 6.08. The van der Waals surface area contributed by atoms with Gasteiger partial charge in [-0.05, 0) is 43.0 Å². The van der Waals surface area contributed by atoms with Crippen molar-refractivity contribution in [3.8, 4) is 0 Å². The number of carbonyl (C=O) groups is 1. The van der Waals surface area contributed by atoms with Crippen LogP contribution in [0.15, 0.2) is 46.8 Å². The zero-order valence-electron chi connectivity index (χ0n) is 16.3. The van der Waals surface area contributed by atoms with Gasteiger partial charge in [-0.2, -0.15) is 0 Å². The second kappa shape index (κ2) is 9.53. The number of aliphatic hydroxyl groups is 1. The Morgan fingerprint density at radius 3 is 2.48 bits per heavy atom. The molecular formula is C20H28N4O2S. The summed E-state index contributed by atoms with van der Waals surface area (Å²) in [5.74, 6) is 0.624. The van der Waals surface area contributed by atoms with Crippen molar-refractivity contribution in [1.82, 2.24) is 15.5 Å². The first kappa shape index (κ1) is 20.9. The van der Waals surface area contributed by atoms with Gasteiger partial charge in [-0.1, -0.05) is 18.2 Å². The van der Waals surface area contributed by atoms with E-state index in [1.807, 2.05) is 48.7 Å². The highest BCUT2D eigenvalue weighted by Gasteiger charge is 2.24. The quantitative estimate of drug-likeness (QED) is 0.503. The minimum absolute atomic E-state index is 0.0177. The molecule has 0 radical (unpaired) electrons. The first-order chi connectivity index (χ1) is 12.8. The number of amides is 1. The van der Waals surface area contributed by atoms with Crippen LogP contribution in [0.3, 0.4) is 0 Å². The van der Waals surface area contributed by atoms with Crippen LogP contribution in [-0.2, 0) is 12.1 Å². The first-order valence-electron chi connectivity index (χ1n) is 8.92. The van der Waals surface area contributed by atoms with Crippen molar-refractivity contribution in [2.24, 2.45) is 4.99 Å². The van der Waals surface area contributed by atoms with E-state index < -0.39 is 5.60 Å². The maximum Gasteiger partial charge on any atom is 0.253 e. The summed E-state index contributed by atoms with van der Waals surface area (Å²) in [5.41, 5.74) is 0.704. The zero-order chi connectivity index (χ0) is 19.9. The normalized spacial score (nSPS) is 13.7. The maximum absolute atomic E-state index is 11.9. The fraction of sp³-hybridized carbons (Fsp3) is 0.400. The Bertz CT molecular complexity index is 753. The molecule has 0 bridgehead atoms. The van der Waals surface area contributed by atoms with Gasteiger partial charge >= 0.3 is 0 Å². The lowest BCUT2D eigenvalue weighted by molar-refractivity contribution is 0.0655. The average Bonchev–Trinajstić information content (AvgIpc) is 3.19. The molecule has 0 spiro atoms. The van der Waals surface area contributed by atoms with Gasteiger partial charge in [-0.25, -0.2) is 4.99 Å². The molecule has 1 unspecified atom stereocenters. The number of nitrogens with one attached hydrogen (secondary N) is 2. The number of aliphatic imine (C=N–C) groups is 1. The van der Waals surface area contributed by atoms with Gasteiger partial charge in [-0.3, -0.25) is 4.79 Å². The van der Waals surface area contributed by atoms with E-state index >= 15 is 0 Å². The standard InChI is InChI=1S/C20H28N4O2S/c1-5-21-19(23-14-20(2,26)17-7-6-12-27-17)22-13-15-8-10-16(11-9-15)18(25)24(3)4/h6-12,26H,5,13-14H2,1-4H3,(H2,21,22,23). The van der Waals surface area contributed by atoms with Gasteiger partial charge in [0.15, 0.2) is 5.96 Å². The number of hydrogen-bond donors (Lipinski definition) is 3. The van der Waals surface area contributed by atoms with Crippen LogP contribution in [0.4, 0.5) is 0 Å². The Kier molecular flexibility index (Phi) is 7.38. The largest absolute Gasteiger partial charge is 0.383 e. The van der Waals surface area contributed by atoms with Crippen LogP contribution in [0.1, 0.15) is 34.6 Å². The van der Waals surface area contributed by atoms with Crippen LogP contribution in [0, 0.1) is 0 Å². The minimum Gasteiger partial charge on any atom is -0.383 e. The highest BCUT2D eigenvalue weighted by Crippen LogP contribution is 2.24. The highest BCUT2D eigenvalue weighted by atomic mass is 32.1. The Hall–Kier alpha value is -2.38. The Morgan fingerprint density at radius 1 is 1.22 bits per heavy atom. The molecule has 1 amide bonds. The summed E-state index contributed by atoms with van der Waals surface area (Å²) in [6.07, 6.45) is 0. The van der Waals surface area contributed by atoms with Gasteiger partial charge in [0.1, 0.15) is 5.60 Å². The smallest absolute Gasteiger partial charge is 0.253 e. The topological polar surface area (TPSA) is 77.0 Å². The van der Waals surface area contributed by atoms with Gasteiger partial charge in [0.25, 0.3) is 5.91 Å². The fourth-order valence-corrected chi connectivity index (χ4v) is 3.24. The van der Waals surface area contributed by atoms with Crippen molar-refractivity contribution in [3.63, 3.8) is 0 Å². The van der Waals surface area contributed by atoms with Crippen LogP contribution in [0.5, 0.6) is 0 Å². The maximum atomic E-state index is 11.9. The zero-order valence-corrected chi connectivity index (χ0v) is 17.1. The molecule has 27 heavy (non-hydrogen) atoms. The second-order valence-electron chi connectivity index (χ2n) is 6.70. The molecule has 1 atom stereocenters. The van der Waals surface area contributed by atoms with Crippen molar-refractivity contribution in [1.29, 1.82) is 0 Å². The molecule has 0 fully saturated rings. The van der Waals surface area contributed by atoms with Crippen molar-refractivity contribution < 1.29 is 9.90 Å². The first-order valence-corrected chi connectivity index (χ1v) is 9.80. The fourth-order valence-electron chi connectivity index (χ4n) is 2.45. The van der Waals surface area contributed by atoms with E-state index in [9.17, 15) is 9.90 Å². The summed E-state index contributed by atoms with van der Waals surface area (Å²) in [5, 5.41) is 19.0. The molecule has 2 rings (SSSR count). The molecule has 0 aliphatic rings. The molecule has 1 aromatic carbocycles. The molecule has 3 N–H and O–H groups in total. The van der Waals surface area contributed by atoms with E-state index in [0.717, 1.165) is 17.0 Å². The molecule has 0 saturated carbocycles. The van der Waals surface area contributed by atoms with E-state index in [4.69, 9.17) is 0 Å². The molecule has 146 valence electrons. The monoisotopic (exact) mass is 388 g/mol. The lowest BCUT2D eigenvalue weighted by Gasteiger charge is -2.23. The third-order valence-electron chi connectivity index (χ3n) is 4.02. The van der Waals surface area contributed by atoms with Crippen LogP contribution >= 0.6 is 11.3 Å². The van der Waals surface area contributed by atoms with Crippen molar-refractivity contribution in [2.75, 3.05) is 27.2 Å². The molecule has 1 heterocycles. The molecule has 1 aromatic heterocycles. The van der Waals surface area contributed by atoms with Gasteiger partial charge < -0.3 is 20.6 Å². The molecule has 0 saturated heterocycles. The number of nitrogens with zero attached hydrogens (tertiary/aromatic N) is 2. The van der Waals surface area contributed by atoms with Crippen LogP contribution < -0.4 is 10.6 Å². The van der Waals surface area contributed by atoms with Gasteiger partial charge in [0, 0.05) is 31.1 Å². The Labute approximate surface area is 164 Å². The summed E-state index contributed by atoms with van der Waals surface area (Å²) in [6, 6.07) is 11.3. The Balaban J connectivity index is 1.99. The molecule has 2 aromatic rings. The van der Waals surface area contributed by atoms with Gasteiger partial charge in [-0.15, -0.1) is 11.3 Å². The number of benzene rings is 1. The number of hydrogen-bond acceptors (Lipinski definition) is 4. The summed E-state index contributed by atoms with van der Waals surface area (Å²) in [4.78, 5) is 19.0. The van der Waals surface area contributed by atoms with Crippen molar-refractivity contribution >= 4 is 23.2 Å². The van der Waals surface area contributed by atoms with Crippen LogP contribution in [0.2, 0.25) is 0 Å². The summed E-state index contributed by atoms with van der Waals surface area (Å²) in [6.45, 7) is 5.35. The summed E-state index contributed by atoms with van der Waals surface area (Å²) >= 11 is 1.53. The number of guanidine groups is 1. The lowest BCUT2D eigenvalue weighted by atomic mass is 10.1. The van der Waals surface area contributed by atoms with Crippen LogP contribution in [-0.4, -0.2) is 49.1 Å². The highest BCUT2D eigenvalue weighted by molar-refractivity contribution is 7.10. The van der Waals surface area contributed by atoms with E-state index in [1.54, 1.807) is 25.9 Å². The summed E-state index contributed by atoms with van der Waals surface area (Å²) in [7, 11) is 3.47. The van der Waals surface area contributed by atoms with E-state index in [1.165, 1.54) is 11.3 Å². The molecule has 7 heteroatoms. The predicted molar refractivity (Wildman–Crippen MR) is 111 cm³/mol. The van der Waals surface area contributed by atoms with Crippen LogP contribution in [0.25, 0.3) is 0 Å². The van der Waals surface area contributed by atoms with E-state index in [-0.39, 0.29) is 5.91 Å². The van der Waals surface area contributed by atoms with Crippen molar-refractivity contribution in [2.45, 2.75) is 26.0 Å². The minimum atomic E-state index is -0.960. The predicted octanol–water partition coefficient (Wildman–Crippen LogP) is 2.41. The molecule has 0 aliphatic carbocycles. The Morgan fingerprint density at radius 2 is 1.93 bits per heavy atom. The number of rotatable bonds is 7. The number of thiophene rings is 1. The number of carbonyl (C=O) groups excluding carboxylic acids is 1. The summed E-state index contributed by atoms with van der Waals surface area (Å²) < 4.78 is 0.